The number of aryl methyl sites for hydroxylation is 1. The number of carboxylic acid groups (broad SMARTS) is 2. The lowest BCUT2D eigenvalue weighted by Gasteiger charge is -2.37. The first-order valence-corrected chi connectivity index (χ1v) is 14.7. The first-order chi connectivity index (χ1) is 20.5. The third-order valence-electron chi connectivity index (χ3n) is 8.32. The highest BCUT2D eigenvalue weighted by Crippen LogP contribution is 2.33. The minimum atomic E-state index is -2.27. The minimum absolute atomic E-state index is 0.0331. The van der Waals surface area contributed by atoms with Gasteiger partial charge in [-0.2, -0.15) is 0 Å². The number of benzene rings is 2. The van der Waals surface area contributed by atoms with Crippen molar-refractivity contribution in [2.24, 2.45) is 0 Å². The van der Waals surface area contributed by atoms with Crippen LogP contribution < -0.4 is 15.1 Å². The number of aliphatic carboxylic acids is 2. The number of amides is 1. The van der Waals surface area contributed by atoms with Crippen LogP contribution in [0, 0.1) is 6.92 Å². The summed E-state index contributed by atoms with van der Waals surface area (Å²) in [5.74, 6) is -3.50. The zero-order valence-electron chi connectivity index (χ0n) is 24.7. The van der Waals surface area contributed by atoms with Crippen molar-refractivity contribution in [3.63, 3.8) is 0 Å². The van der Waals surface area contributed by atoms with E-state index in [1.54, 1.807) is 0 Å². The molecule has 0 radical (unpaired) electrons. The van der Waals surface area contributed by atoms with Crippen molar-refractivity contribution in [3.05, 3.63) is 58.7 Å². The van der Waals surface area contributed by atoms with Gasteiger partial charge in [0.25, 0.3) is 5.91 Å². The van der Waals surface area contributed by atoms with Gasteiger partial charge in [-0.25, -0.2) is 9.59 Å². The van der Waals surface area contributed by atoms with Crippen molar-refractivity contribution in [3.8, 4) is 0 Å². The molecular formula is C31H42N4O8. The summed E-state index contributed by atoms with van der Waals surface area (Å²) in [6.07, 6.45) is -1.59. The molecule has 2 aromatic carbocycles. The maximum atomic E-state index is 13.0. The van der Waals surface area contributed by atoms with Crippen LogP contribution in [-0.2, 0) is 27.2 Å². The van der Waals surface area contributed by atoms with E-state index < -0.39 is 24.1 Å². The van der Waals surface area contributed by atoms with Crippen LogP contribution in [0.4, 0.5) is 11.4 Å². The smallest absolute Gasteiger partial charge is 0.335 e. The largest absolute Gasteiger partial charge is 0.479 e. The van der Waals surface area contributed by atoms with Gasteiger partial charge in [0.05, 0.1) is 13.2 Å². The van der Waals surface area contributed by atoms with Crippen LogP contribution in [0.1, 0.15) is 33.5 Å². The Labute approximate surface area is 251 Å². The van der Waals surface area contributed by atoms with Gasteiger partial charge < -0.3 is 45.2 Å². The molecule has 0 bridgehead atoms. The second kappa shape index (κ2) is 14.6. The lowest BCUT2D eigenvalue weighted by Crippen LogP contribution is -2.45. The zero-order valence-corrected chi connectivity index (χ0v) is 24.7. The van der Waals surface area contributed by atoms with Gasteiger partial charge in [-0.15, -0.1) is 0 Å². The number of hydrogen-bond donors (Lipinski definition) is 5. The summed E-state index contributed by atoms with van der Waals surface area (Å²) < 4.78 is 5.44. The molecule has 0 saturated carbocycles. The van der Waals surface area contributed by atoms with E-state index in [-0.39, 0.29) is 11.9 Å². The molecule has 2 heterocycles. The number of aliphatic hydroxyl groups is 2. The minimum Gasteiger partial charge on any atom is -0.479 e. The Hall–Kier alpha value is -3.71. The number of nitrogens with one attached hydrogen (secondary N) is 1. The van der Waals surface area contributed by atoms with Gasteiger partial charge in [-0.3, -0.25) is 4.79 Å². The molecule has 2 aliphatic heterocycles. The maximum absolute atomic E-state index is 13.0. The number of aliphatic hydroxyl groups excluding tert-OH is 2. The van der Waals surface area contributed by atoms with E-state index in [0.717, 1.165) is 83.0 Å². The lowest BCUT2D eigenvalue weighted by atomic mass is 9.84. The van der Waals surface area contributed by atoms with Crippen LogP contribution in [0.3, 0.4) is 0 Å². The third-order valence-corrected chi connectivity index (χ3v) is 8.32. The Balaban J connectivity index is 0.000000365. The summed E-state index contributed by atoms with van der Waals surface area (Å²) in [6, 6.07) is 12.8. The zero-order chi connectivity index (χ0) is 31.1. The molecule has 12 nitrogen and oxygen atoms in total. The maximum Gasteiger partial charge on any atom is 0.335 e. The fourth-order valence-electron chi connectivity index (χ4n) is 5.69. The van der Waals surface area contributed by atoms with Crippen LogP contribution >= 0.6 is 0 Å². The molecule has 0 spiro atoms. The Morgan fingerprint density at radius 1 is 0.837 bits per heavy atom. The molecule has 1 amide bonds. The molecule has 0 unspecified atom stereocenters. The van der Waals surface area contributed by atoms with E-state index in [4.69, 9.17) is 25.2 Å². The normalized spacial score (nSPS) is 20.2. The molecule has 2 fully saturated rings. The number of fused-ring (bicyclic) bond motifs is 1. The number of carbonyl (C=O) groups is 3. The van der Waals surface area contributed by atoms with E-state index in [1.165, 1.54) is 22.4 Å². The number of anilines is 2. The van der Waals surface area contributed by atoms with E-state index in [2.05, 4.69) is 58.3 Å². The molecule has 5 N–H and O–H groups in total. The number of carbonyl (C=O) groups excluding carboxylic acids is 1. The molecule has 0 aromatic heterocycles. The first kappa shape index (κ1) is 32.2. The number of likely N-dealkylation sites (N-methyl/N-ethyl adjacent to an activating group) is 1. The van der Waals surface area contributed by atoms with Crippen molar-refractivity contribution in [2.75, 3.05) is 69.3 Å². The number of morpholine rings is 1. The van der Waals surface area contributed by atoms with Crippen LogP contribution in [0.5, 0.6) is 0 Å². The highest BCUT2D eigenvalue weighted by molar-refractivity contribution is 5.94. The van der Waals surface area contributed by atoms with Crippen LogP contribution in [0.2, 0.25) is 0 Å². The predicted octanol–water partition coefficient (Wildman–Crippen LogP) is 0.748. The summed E-state index contributed by atoms with van der Waals surface area (Å²) in [7, 11) is 2.20. The van der Waals surface area contributed by atoms with Crippen LogP contribution in [-0.4, -0.2) is 121 Å². The number of ether oxygens (including phenoxy) is 1. The topological polar surface area (TPSA) is 163 Å². The number of nitrogens with zero attached hydrogens (tertiary/aromatic N) is 3. The molecule has 3 atom stereocenters. The summed E-state index contributed by atoms with van der Waals surface area (Å²) in [6.45, 7) is 9.90. The lowest BCUT2D eigenvalue weighted by molar-refractivity contribution is -0.165. The number of hydrogen-bond acceptors (Lipinski definition) is 9. The second-order valence-electron chi connectivity index (χ2n) is 11.3. The second-order valence-corrected chi connectivity index (χ2v) is 11.3. The molecule has 2 saturated heterocycles. The van der Waals surface area contributed by atoms with Crippen molar-refractivity contribution in [1.82, 2.24) is 10.2 Å². The van der Waals surface area contributed by atoms with Gasteiger partial charge in [0.2, 0.25) is 0 Å². The Morgan fingerprint density at radius 2 is 1.44 bits per heavy atom. The Kier molecular flexibility index (Phi) is 11.0. The summed E-state index contributed by atoms with van der Waals surface area (Å²) in [5.41, 5.74) is 7.59. The van der Waals surface area contributed by atoms with Crippen molar-refractivity contribution in [2.45, 2.75) is 44.4 Å². The number of carboxylic acids is 2. The molecule has 5 rings (SSSR count). The van der Waals surface area contributed by atoms with Crippen LogP contribution in [0.15, 0.2) is 36.4 Å². The van der Waals surface area contributed by atoms with Gasteiger partial charge in [-0.1, -0.05) is 6.07 Å². The van der Waals surface area contributed by atoms with Gasteiger partial charge in [0.15, 0.2) is 12.2 Å². The molecule has 3 aliphatic rings. The van der Waals surface area contributed by atoms with E-state index in [1.807, 2.05) is 12.1 Å². The Morgan fingerprint density at radius 3 is 2.02 bits per heavy atom. The van der Waals surface area contributed by atoms with Crippen molar-refractivity contribution >= 4 is 29.2 Å². The highest BCUT2D eigenvalue weighted by atomic mass is 16.5. The third kappa shape index (κ3) is 8.23. The molecule has 2 aromatic rings. The molecule has 1 aliphatic carbocycles. The standard InChI is InChI=1S/C27H36N4O2.C4H6O6/c1-20-3-10-26(31-13-11-29(2)12-14-31)25-19-22(6-9-24(20)25)28-27(32)21-4-7-23(8-5-21)30-15-17-33-18-16-30;5-1(3(7)8)2(6)4(9)10/h3-5,7-8,10,22H,6,9,11-19H2,1-2H3,(H,28,32);1-2,5-6H,(H,7,8)(H,9,10)/t22-;1-,2-/m11/s1. The van der Waals surface area contributed by atoms with Gasteiger partial charge in [0, 0.05) is 62.2 Å². The number of piperazine rings is 1. The monoisotopic (exact) mass is 598 g/mol. The summed E-state index contributed by atoms with van der Waals surface area (Å²) in [5, 5.41) is 35.9. The van der Waals surface area contributed by atoms with Crippen molar-refractivity contribution in [1.29, 1.82) is 0 Å². The first-order valence-electron chi connectivity index (χ1n) is 14.7. The molecule has 43 heavy (non-hydrogen) atoms. The van der Waals surface area contributed by atoms with Gasteiger partial charge >= 0.3 is 11.9 Å². The van der Waals surface area contributed by atoms with E-state index in [9.17, 15) is 14.4 Å². The molecule has 12 heteroatoms. The fourth-order valence-corrected chi connectivity index (χ4v) is 5.69. The predicted molar refractivity (Wildman–Crippen MR) is 161 cm³/mol. The highest BCUT2D eigenvalue weighted by Gasteiger charge is 2.29. The summed E-state index contributed by atoms with van der Waals surface area (Å²) >= 11 is 0. The summed E-state index contributed by atoms with van der Waals surface area (Å²) in [4.78, 5) is 39.8. The van der Waals surface area contributed by atoms with Gasteiger partial charge in [-0.05, 0) is 80.3 Å². The molecular weight excluding hydrogens is 556 g/mol. The van der Waals surface area contributed by atoms with E-state index in [0.29, 0.717) is 0 Å². The fraction of sp³-hybridized carbons (Fsp3) is 0.516. The average Bonchev–Trinajstić information content (AvgIpc) is 3.02. The number of rotatable bonds is 7. The Bertz CT molecular complexity index is 1260. The molecule has 234 valence electrons. The SMILES string of the molecule is Cc1ccc(N2CCN(C)CC2)c2c1CC[C@@H](NC(=O)c1ccc(N3CCOCC3)cc1)C2.O=C(O)[C@H](O)[C@@H](O)C(=O)O. The average molecular weight is 599 g/mol. The van der Waals surface area contributed by atoms with E-state index >= 15 is 0 Å². The van der Waals surface area contributed by atoms with Gasteiger partial charge in [0.1, 0.15) is 0 Å². The van der Waals surface area contributed by atoms with Crippen LogP contribution in [0.25, 0.3) is 0 Å². The van der Waals surface area contributed by atoms with Crippen molar-refractivity contribution < 1.29 is 39.5 Å². The quantitative estimate of drug-likeness (QED) is 0.306.